The molecule has 30 heavy (non-hydrogen) atoms. The molecule has 0 fully saturated rings. The van der Waals surface area contributed by atoms with E-state index >= 15 is 0 Å². The molecule has 0 aliphatic heterocycles. The monoisotopic (exact) mass is 409 g/mol. The van der Waals surface area contributed by atoms with Crippen molar-refractivity contribution in [3.63, 3.8) is 0 Å². The highest BCUT2D eigenvalue weighted by molar-refractivity contribution is 5.97. The van der Waals surface area contributed by atoms with Crippen molar-refractivity contribution in [1.29, 1.82) is 0 Å². The number of rotatable bonds is 7. The van der Waals surface area contributed by atoms with Crippen molar-refractivity contribution in [2.24, 2.45) is 0 Å². The summed E-state index contributed by atoms with van der Waals surface area (Å²) in [6.07, 6.45) is 0. The Kier molecular flexibility index (Phi) is 5.51. The van der Waals surface area contributed by atoms with Crippen LogP contribution in [0.25, 0.3) is 11.3 Å². The van der Waals surface area contributed by atoms with Gasteiger partial charge in [0, 0.05) is 5.56 Å². The smallest absolute Gasteiger partial charge is 0.344 e. The summed E-state index contributed by atoms with van der Waals surface area (Å²) in [6, 6.07) is 14.7. The Labute approximate surface area is 170 Å². The Morgan fingerprint density at radius 1 is 1.00 bits per heavy atom. The first-order chi connectivity index (χ1) is 14.6. The van der Waals surface area contributed by atoms with E-state index in [-0.39, 0.29) is 36.3 Å². The molecular formula is C21H16FN3O5. The van der Waals surface area contributed by atoms with Crippen molar-refractivity contribution >= 4 is 5.97 Å². The van der Waals surface area contributed by atoms with E-state index in [0.29, 0.717) is 17.2 Å². The highest BCUT2D eigenvalue weighted by Crippen LogP contribution is 2.26. The third-order valence-electron chi connectivity index (χ3n) is 4.13. The van der Waals surface area contributed by atoms with Gasteiger partial charge < -0.3 is 18.5 Å². The molecule has 0 amide bonds. The van der Waals surface area contributed by atoms with Gasteiger partial charge in [-0.1, -0.05) is 40.6 Å². The molecule has 4 rings (SSSR count). The van der Waals surface area contributed by atoms with Crippen molar-refractivity contribution in [2.45, 2.75) is 20.1 Å². The molecule has 0 spiro atoms. The third-order valence-corrected chi connectivity index (χ3v) is 4.13. The summed E-state index contributed by atoms with van der Waals surface area (Å²) >= 11 is 0. The summed E-state index contributed by atoms with van der Waals surface area (Å²) in [6.45, 7) is 1.43. The molecule has 152 valence electrons. The number of benzene rings is 2. The molecule has 0 aliphatic carbocycles. The van der Waals surface area contributed by atoms with E-state index in [0.717, 1.165) is 5.56 Å². The number of esters is 1. The number of hydrogen-bond acceptors (Lipinski definition) is 8. The lowest BCUT2D eigenvalue weighted by Crippen LogP contribution is -2.07. The lowest BCUT2D eigenvalue weighted by atomic mass is 10.1. The SMILES string of the molecule is Cc1onc(-c2ccccc2)c1C(=O)OCc1nc(COc2ccc(F)cc2)no1. The fourth-order valence-electron chi connectivity index (χ4n) is 2.69. The van der Waals surface area contributed by atoms with Crippen molar-refractivity contribution in [3.8, 4) is 17.0 Å². The summed E-state index contributed by atoms with van der Waals surface area (Å²) in [7, 11) is 0. The van der Waals surface area contributed by atoms with Gasteiger partial charge in [-0.25, -0.2) is 9.18 Å². The number of carbonyl (C=O) groups is 1. The van der Waals surface area contributed by atoms with Crippen molar-refractivity contribution in [2.75, 3.05) is 0 Å². The van der Waals surface area contributed by atoms with Gasteiger partial charge in [-0.15, -0.1) is 0 Å². The Balaban J connectivity index is 1.37. The fraction of sp³-hybridized carbons (Fsp3) is 0.143. The summed E-state index contributed by atoms with van der Waals surface area (Å²) in [5.74, 6) is 0.204. The molecule has 9 heteroatoms. The maximum absolute atomic E-state index is 12.9. The second-order valence-corrected chi connectivity index (χ2v) is 6.25. The lowest BCUT2D eigenvalue weighted by molar-refractivity contribution is 0.0428. The maximum atomic E-state index is 12.9. The van der Waals surface area contributed by atoms with Crippen LogP contribution < -0.4 is 4.74 Å². The van der Waals surface area contributed by atoms with Crippen LogP contribution in [-0.4, -0.2) is 21.3 Å². The number of ether oxygens (including phenoxy) is 2. The quantitative estimate of drug-likeness (QED) is 0.421. The van der Waals surface area contributed by atoms with Gasteiger partial charge in [0.25, 0.3) is 5.89 Å². The van der Waals surface area contributed by atoms with E-state index in [1.54, 1.807) is 6.92 Å². The van der Waals surface area contributed by atoms with Crippen molar-refractivity contribution in [1.82, 2.24) is 15.3 Å². The molecule has 2 heterocycles. The van der Waals surface area contributed by atoms with Crippen LogP contribution in [0.15, 0.2) is 63.6 Å². The van der Waals surface area contributed by atoms with Gasteiger partial charge in [-0.3, -0.25) is 0 Å². The van der Waals surface area contributed by atoms with Crippen LogP contribution in [0.1, 0.15) is 27.8 Å². The van der Waals surface area contributed by atoms with Crippen molar-refractivity contribution in [3.05, 3.63) is 83.5 Å². The van der Waals surface area contributed by atoms with E-state index in [9.17, 15) is 9.18 Å². The number of carbonyl (C=O) groups excluding carboxylic acids is 1. The topological polar surface area (TPSA) is 100 Å². The van der Waals surface area contributed by atoms with Crippen LogP contribution in [0.2, 0.25) is 0 Å². The van der Waals surface area contributed by atoms with Gasteiger partial charge in [-0.05, 0) is 31.2 Å². The largest absolute Gasteiger partial charge is 0.485 e. The van der Waals surface area contributed by atoms with E-state index in [2.05, 4.69) is 15.3 Å². The first kappa shape index (κ1) is 19.3. The number of aryl methyl sites for hydroxylation is 1. The number of hydrogen-bond donors (Lipinski definition) is 0. The molecule has 2 aromatic carbocycles. The number of nitrogens with zero attached hydrogens (tertiary/aromatic N) is 3. The minimum Gasteiger partial charge on any atom is -0.485 e. The van der Waals surface area contributed by atoms with E-state index in [1.807, 2.05) is 30.3 Å². The molecule has 0 atom stereocenters. The standard InChI is InChI=1S/C21H16FN3O5/c1-13-19(20(25-29-13)14-5-3-2-4-6-14)21(26)28-12-18-23-17(24-30-18)11-27-16-9-7-15(22)8-10-16/h2-10H,11-12H2,1H3. The molecule has 0 saturated heterocycles. The van der Waals surface area contributed by atoms with Gasteiger partial charge in [0.15, 0.2) is 13.2 Å². The number of halogens is 1. The third kappa shape index (κ3) is 4.35. The molecular weight excluding hydrogens is 393 g/mol. The van der Waals surface area contributed by atoms with Gasteiger partial charge in [-0.2, -0.15) is 4.98 Å². The molecule has 0 bridgehead atoms. The zero-order valence-electron chi connectivity index (χ0n) is 15.9. The molecule has 2 aromatic heterocycles. The minimum atomic E-state index is -0.616. The second kappa shape index (κ2) is 8.56. The van der Waals surface area contributed by atoms with Crippen LogP contribution in [0, 0.1) is 12.7 Å². The molecule has 0 aliphatic rings. The van der Waals surface area contributed by atoms with Crippen LogP contribution in [0.3, 0.4) is 0 Å². The lowest BCUT2D eigenvalue weighted by Gasteiger charge is -2.03. The van der Waals surface area contributed by atoms with E-state index in [1.165, 1.54) is 24.3 Å². The zero-order valence-corrected chi connectivity index (χ0v) is 15.9. The number of aromatic nitrogens is 3. The van der Waals surface area contributed by atoms with Crippen molar-refractivity contribution < 1.29 is 27.7 Å². The second-order valence-electron chi connectivity index (χ2n) is 6.25. The van der Waals surface area contributed by atoms with Gasteiger partial charge in [0.05, 0.1) is 0 Å². The van der Waals surface area contributed by atoms with Crippen LogP contribution >= 0.6 is 0 Å². The normalized spacial score (nSPS) is 10.7. The molecule has 4 aromatic rings. The van der Waals surface area contributed by atoms with E-state index < -0.39 is 5.97 Å². The van der Waals surface area contributed by atoms with Crippen LogP contribution in [0.4, 0.5) is 4.39 Å². The van der Waals surface area contributed by atoms with Crippen LogP contribution in [0.5, 0.6) is 5.75 Å². The molecule has 8 nitrogen and oxygen atoms in total. The zero-order chi connectivity index (χ0) is 20.9. The molecule has 0 radical (unpaired) electrons. The Hall–Kier alpha value is -4.01. The highest BCUT2D eigenvalue weighted by Gasteiger charge is 2.23. The first-order valence-electron chi connectivity index (χ1n) is 8.99. The average Bonchev–Trinajstić information content (AvgIpc) is 3.39. The summed E-state index contributed by atoms with van der Waals surface area (Å²) < 4.78 is 33.9. The maximum Gasteiger partial charge on any atom is 0.344 e. The summed E-state index contributed by atoms with van der Waals surface area (Å²) in [5, 5.41) is 7.72. The Bertz CT molecular complexity index is 1140. The fourth-order valence-corrected chi connectivity index (χ4v) is 2.69. The van der Waals surface area contributed by atoms with Gasteiger partial charge >= 0.3 is 5.97 Å². The summed E-state index contributed by atoms with van der Waals surface area (Å²) in [4.78, 5) is 16.7. The summed E-state index contributed by atoms with van der Waals surface area (Å²) in [5.41, 5.74) is 1.37. The highest BCUT2D eigenvalue weighted by atomic mass is 19.1. The van der Waals surface area contributed by atoms with Crippen LogP contribution in [-0.2, 0) is 18.0 Å². The average molecular weight is 409 g/mol. The predicted molar refractivity (Wildman–Crippen MR) is 101 cm³/mol. The molecule has 0 unspecified atom stereocenters. The van der Waals surface area contributed by atoms with E-state index in [4.69, 9.17) is 18.5 Å². The van der Waals surface area contributed by atoms with Gasteiger partial charge in [0.1, 0.15) is 28.6 Å². The van der Waals surface area contributed by atoms with Gasteiger partial charge in [0.2, 0.25) is 5.82 Å². The Morgan fingerprint density at radius 2 is 1.77 bits per heavy atom. The molecule has 0 N–H and O–H groups in total. The Morgan fingerprint density at radius 3 is 2.53 bits per heavy atom. The minimum absolute atomic E-state index is 0.0198. The predicted octanol–water partition coefficient (Wildman–Crippen LogP) is 4.11. The molecule has 0 saturated carbocycles. The first-order valence-corrected chi connectivity index (χ1v) is 8.99.